The average molecular weight is 312 g/mol. The van der Waals surface area contributed by atoms with Gasteiger partial charge in [0, 0.05) is 17.8 Å². The van der Waals surface area contributed by atoms with Crippen molar-refractivity contribution >= 4 is 17.5 Å². The van der Waals surface area contributed by atoms with Gasteiger partial charge in [0.15, 0.2) is 5.78 Å². The van der Waals surface area contributed by atoms with E-state index in [1.807, 2.05) is 31.2 Å². The zero-order valence-electron chi connectivity index (χ0n) is 13.3. The molecule has 5 nitrogen and oxygen atoms in total. The Hall–Kier alpha value is -2.82. The smallest absolute Gasteiger partial charge is 0.319 e. The second-order valence-electron chi connectivity index (χ2n) is 5.02. The first kappa shape index (κ1) is 16.5. The van der Waals surface area contributed by atoms with Gasteiger partial charge in [0.05, 0.1) is 6.61 Å². The molecule has 2 rings (SSSR count). The van der Waals surface area contributed by atoms with Crippen molar-refractivity contribution in [1.82, 2.24) is 5.32 Å². The van der Waals surface area contributed by atoms with Crippen molar-refractivity contribution in [2.45, 2.75) is 20.4 Å². The highest BCUT2D eigenvalue weighted by atomic mass is 16.5. The molecule has 0 atom stereocenters. The largest absolute Gasteiger partial charge is 0.494 e. The Kier molecular flexibility index (Phi) is 5.74. The highest BCUT2D eigenvalue weighted by Crippen LogP contribution is 2.12. The summed E-state index contributed by atoms with van der Waals surface area (Å²) in [7, 11) is 0. The lowest BCUT2D eigenvalue weighted by Gasteiger charge is -2.09. The number of carbonyl (C=O) groups is 2. The molecule has 0 aliphatic carbocycles. The number of hydrogen-bond donors (Lipinski definition) is 2. The number of anilines is 1. The van der Waals surface area contributed by atoms with Gasteiger partial charge in [0.25, 0.3) is 0 Å². The van der Waals surface area contributed by atoms with Crippen molar-refractivity contribution < 1.29 is 14.3 Å². The lowest BCUT2D eigenvalue weighted by Crippen LogP contribution is -2.28. The summed E-state index contributed by atoms with van der Waals surface area (Å²) >= 11 is 0. The summed E-state index contributed by atoms with van der Waals surface area (Å²) in [6.07, 6.45) is 0. The van der Waals surface area contributed by atoms with E-state index in [-0.39, 0.29) is 11.8 Å². The zero-order chi connectivity index (χ0) is 16.7. The predicted molar refractivity (Wildman–Crippen MR) is 89.9 cm³/mol. The molecule has 0 bridgehead atoms. The fraction of sp³-hybridized carbons (Fsp3) is 0.222. The van der Waals surface area contributed by atoms with Crippen molar-refractivity contribution in [2.24, 2.45) is 0 Å². The molecular formula is C18H20N2O3. The van der Waals surface area contributed by atoms with Crippen molar-refractivity contribution in [1.29, 1.82) is 0 Å². The van der Waals surface area contributed by atoms with Gasteiger partial charge in [-0.15, -0.1) is 0 Å². The molecule has 0 aromatic heterocycles. The van der Waals surface area contributed by atoms with Gasteiger partial charge in [-0.1, -0.05) is 12.1 Å². The first-order valence-electron chi connectivity index (χ1n) is 7.46. The number of amides is 2. The van der Waals surface area contributed by atoms with E-state index in [0.29, 0.717) is 24.4 Å². The van der Waals surface area contributed by atoms with Gasteiger partial charge in [-0.3, -0.25) is 4.79 Å². The van der Waals surface area contributed by atoms with Crippen LogP contribution in [0.2, 0.25) is 0 Å². The maximum absolute atomic E-state index is 11.9. The van der Waals surface area contributed by atoms with Crippen LogP contribution in [-0.2, 0) is 6.54 Å². The highest BCUT2D eigenvalue weighted by Gasteiger charge is 2.03. The minimum atomic E-state index is -0.297. The SMILES string of the molecule is CCOc1ccc(CNC(=O)Nc2ccc(C(C)=O)cc2)cc1. The number of carbonyl (C=O) groups excluding carboxylic acids is 2. The van der Waals surface area contributed by atoms with Crippen LogP contribution in [0.25, 0.3) is 0 Å². The van der Waals surface area contributed by atoms with Crippen LogP contribution in [0.5, 0.6) is 5.75 Å². The number of ether oxygens (including phenoxy) is 1. The molecule has 0 fully saturated rings. The van der Waals surface area contributed by atoms with Crippen molar-refractivity contribution in [3.8, 4) is 5.75 Å². The summed E-state index contributed by atoms with van der Waals surface area (Å²) in [6.45, 7) is 4.49. The fourth-order valence-corrected chi connectivity index (χ4v) is 2.02. The fourth-order valence-electron chi connectivity index (χ4n) is 2.02. The van der Waals surface area contributed by atoms with Crippen LogP contribution in [0.4, 0.5) is 10.5 Å². The molecule has 2 N–H and O–H groups in total. The lowest BCUT2D eigenvalue weighted by molar-refractivity contribution is 0.101. The van der Waals surface area contributed by atoms with Crippen LogP contribution in [0.3, 0.4) is 0 Å². The van der Waals surface area contributed by atoms with Crippen molar-refractivity contribution in [3.05, 3.63) is 59.7 Å². The van der Waals surface area contributed by atoms with Crippen LogP contribution < -0.4 is 15.4 Å². The molecule has 0 saturated carbocycles. The first-order valence-corrected chi connectivity index (χ1v) is 7.46. The summed E-state index contributed by atoms with van der Waals surface area (Å²) in [5.74, 6) is 0.808. The summed E-state index contributed by atoms with van der Waals surface area (Å²) in [5.41, 5.74) is 2.24. The standard InChI is InChI=1S/C18H20N2O3/c1-3-23-17-10-4-14(5-11-17)12-19-18(22)20-16-8-6-15(7-9-16)13(2)21/h4-11H,3,12H2,1-2H3,(H2,19,20,22). The molecule has 2 aromatic carbocycles. The molecule has 2 amide bonds. The van der Waals surface area contributed by atoms with E-state index in [0.717, 1.165) is 11.3 Å². The molecule has 0 aliphatic rings. The Morgan fingerprint density at radius 3 is 2.22 bits per heavy atom. The van der Waals surface area contributed by atoms with Crippen LogP contribution >= 0.6 is 0 Å². The number of benzene rings is 2. The van der Waals surface area contributed by atoms with Gasteiger partial charge in [0.1, 0.15) is 5.75 Å². The first-order chi connectivity index (χ1) is 11.1. The molecule has 2 aromatic rings. The summed E-state index contributed by atoms with van der Waals surface area (Å²) < 4.78 is 5.37. The number of Topliss-reactive ketones (excluding diaryl/α,β-unsaturated/α-hetero) is 1. The van der Waals surface area contributed by atoms with Crippen LogP contribution in [0.15, 0.2) is 48.5 Å². The normalized spacial score (nSPS) is 10.0. The molecule has 23 heavy (non-hydrogen) atoms. The Balaban J connectivity index is 1.83. The molecule has 0 spiro atoms. The van der Waals surface area contributed by atoms with E-state index in [9.17, 15) is 9.59 Å². The Morgan fingerprint density at radius 1 is 1.00 bits per heavy atom. The second-order valence-corrected chi connectivity index (χ2v) is 5.02. The third-order valence-corrected chi connectivity index (χ3v) is 3.24. The highest BCUT2D eigenvalue weighted by molar-refractivity contribution is 5.95. The van der Waals surface area contributed by atoms with Gasteiger partial charge in [0.2, 0.25) is 0 Å². The number of urea groups is 1. The molecular weight excluding hydrogens is 292 g/mol. The summed E-state index contributed by atoms with van der Waals surface area (Å²) in [5, 5.41) is 5.50. The molecule has 0 unspecified atom stereocenters. The van der Waals surface area contributed by atoms with Gasteiger partial charge in [-0.2, -0.15) is 0 Å². The maximum atomic E-state index is 11.9. The zero-order valence-corrected chi connectivity index (χ0v) is 13.3. The molecule has 5 heteroatoms. The molecule has 0 radical (unpaired) electrons. The summed E-state index contributed by atoms with van der Waals surface area (Å²) in [6, 6.07) is 14.0. The van der Waals surface area contributed by atoms with Crippen molar-refractivity contribution in [2.75, 3.05) is 11.9 Å². The number of rotatable bonds is 6. The minimum Gasteiger partial charge on any atom is -0.494 e. The molecule has 120 valence electrons. The predicted octanol–water partition coefficient (Wildman–Crippen LogP) is 3.61. The molecule has 0 saturated heterocycles. The Labute approximate surface area is 135 Å². The van der Waals surface area contributed by atoms with Crippen molar-refractivity contribution in [3.63, 3.8) is 0 Å². The molecule has 0 heterocycles. The van der Waals surface area contributed by atoms with E-state index < -0.39 is 0 Å². The van der Waals surface area contributed by atoms with Gasteiger partial charge in [-0.25, -0.2) is 4.79 Å². The molecule has 0 aliphatic heterocycles. The number of hydrogen-bond acceptors (Lipinski definition) is 3. The van der Waals surface area contributed by atoms with Crippen LogP contribution in [0, 0.1) is 0 Å². The van der Waals surface area contributed by atoms with Gasteiger partial charge < -0.3 is 15.4 Å². The third-order valence-electron chi connectivity index (χ3n) is 3.24. The van der Waals surface area contributed by atoms with E-state index in [1.165, 1.54) is 6.92 Å². The van der Waals surface area contributed by atoms with E-state index >= 15 is 0 Å². The Morgan fingerprint density at radius 2 is 1.65 bits per heavy atom. The average Bonchev–Trinajstić information content (AvgIpc) is 2.55. The quantitative estimate of drug-likeness (QED) is 0.801. The topological polar surface area (TPSA) is 67.4 Å². The van der Waals surface area contributed by atoms with E-state index in [1.54, 1.807) is 24.3 Å². The van der Waals surface area contributed by atoms with Crippen LogP contribution in [0.1, 0.15) is 29.8 Å². The van der Waals surface area contributed by atoms with E-state index in [4.69, 9.17) is 4.74 Å². The Bertz CT molecular complexity index is 664. The number of nitrogens with one attached hydrogen (secondary N) is 2. The van der Waals surface area contributed by atoms with Crippen LogP contribution in [-0.4, -0.2) is 18.4 Å². The maximum Gasteiger partial charge on any atom is 0.319 e. The third kappa shape index (κ3) is 5.14. The lowest BCUT2D eigenvalue weighted by atomic mass is 10.1. The van der Waals surface area contributed by atoms with Gasteiger partial charge in [-0.05, 0) is 55.8 Å². The summed E-state index contributed by atoms with van der Waals surface area (Å²) in [4.78, 5) is 23.1. The monoisotopic (exact) mass is 312 g/mol. The van der Waals surface area contributed by atoms with Gasteiger partial charge >= 0.3 is 6.03 Å². The number of ketones is 1. The second kappa shape index (κ2) is 7.98. The minimum absolute atomic E-state index is 0.00324. The van der Waals surface area contributed by atoms with E-state index in [2.05, 4.69) is 10.6 Å².